The van der Waals surface area contributed by atoms with Gasteiger partial charge in [0.2, 0.25) is 0 Å². The van der Waals surface area contributed by atoms with E-state index in [4.69, 9.17) is 16.3 Å². The van der Waals surface area contributed by atoms with Crippen LogP contribution < -0.4 is 15.6 Å². The molecule has 0 unspecified atom stereocenters. The van der Waals surface area contributed by atoms with Crippen molar-refractivity contribution < 1.29 is 19.2 Å². The summed E-state index contributed by atoms with van der Waals surface area (Å²) in [5.41, 5.74) is 4.88. The second-order valence-electron chi connectivity index (χ2n) is 5.01. The molecule has 0 bridgehead atoms. The Labute approximate surface area is 147 Å². The number of carbonyl (C=O) groups excluding carboxylic acids is 2. The van der Waals surface area contributed by atoms with Gasteiger partial charge in [0.1, 0.15) is 5.75 Å². The maximum Gasteiger partial charge on any atom is 0.273 e. The summed E-state index contributed by atoms with van der Waals surface area (Å²) in [6.07, 6.45) is 0. The third kappa shape index (κ3) is 4.24. The summed E-state index contributed by atoms with van der Waals surface area (Å²) in [5, 5.41) is 11.3. The number of halogens is 1. The van der Waals surface area contributed by atoms with Gasteiger partial charge in [-0.05, 0) is 31.2 Å². The third-order valence-corrected chi connectivity index (χ3v) is 3.60. The summed E-state index contributed by atoms with van der Waals surface area (Å²) < 4.78 is 5.06. The summed E-state index contributed by atoms with van der Waals surface area (Å²) in [7, 11) is 1.38. The molecular weight excluding hydrogens is 350 g/mol. The Kier molecular flexibility index (Phi) is 5.56. The topological polar surface area (TPSA) is 111 Å². The molecule has 0 aliphatic heterocycles. The van der Waals surface area contributed by atoms with Crippen molar-refractivity contribution >= 4 is 29.1 Å². The molecule has 0 aliphatic carbocycles. The first-order valence-electron chi connectivity index (χ1n) is 7.02. The second kappa shape index (κ2) is 7.63. The van der Waals surface area contributed by atoms with Crippen LogP contribution in [0.4, 0.5) is 5.69 Å². The monoisotopic (exact) mass is 363 g/mol. The Balaban J connectivity index is 2.11. The number of hydrazine groups is 1. The van der Waals surface area contributed by atoms with Crippen LogP contribution in [0.3, 0.4) is 0 Å². The van der Waals surface area contributed by atoms with Gasteiger partial charge in [0.25, 0.3) is 17.5 Å². The first kappa shape index (κ1) is 18.2. The standard InChI is InChI=1S/C16H14ClN3O5/c1-9-3-4-10(7-13(9)20(23)24)15(21)18-19-16(22)12-6-5-11(17)8-14(12)25-2/h3-8H,1-2H3,(H,18,21)(H,19,22). The second-order valence-corrected chi connectivity index (χ2v) is 5.45. The molecule has 8 nitrogen and oxygen atoms in total. The van der Waals surface area contributed by atoms with Gasteiger partial charge in [-0.1, -0.05) is 17.7 Å². The van der Waals surface area contributed by atoms with Crippen molar-refractivity contribution in [2.24, 2.45) is 0 Å². The Hall–Kier alpha value is -3.13. The molecule has 0 saturated carbocycles. The van der Waals surface area contributed by atoms with Crippen LogP contribution in [0.2, 0.25) is 5.02 Å². The van der Waals surface area contributed by atoms with Crippen LogP contribution in [-0.2, 0) is 0 Å². The van der Waals surface area contributed by atoms with Crippen molar-refractivity contribution in [1.82, 2.24) is 10.9 Å². The summed E-state index contributed by atoms with van der Waals surface area (Å²) in [4.78, 5) is 34.6. The highest BCUT2D eigenvalue weighted by Gasteiger charge is 2.17. The van der Waals surface area contributed by atoms with Crippen LogP contribution in [0.5, 0.6) is 5.75 Å². The van der Waals surface area contributed by atoms with E-state index in [9.17, 15) is 19.7 Å². The molecule has 130 valence electrons. The smallest absolute Gasteiger partial charge is 0.273 e. The summed E-state index contributed by atoms with van der Waals surface area (Å²) >= 11 is 5.82. The van der Waals surface area contributed by atoms with E-state index in [1.54, 1.807) is 6.92 Å². The number of rotatable bonds is 4. The minimum absolute atomic E-state index is 0.0423. The number of benzene rings is 2. The van der Waals surface area contributed by atoms with Crippen LogP contribution in [0, 0.1) is 17.0 Å². The minimum atomic E-state index is -0.690. The zero-order valence-corrected chi connectivity index (χ0v) is 14.1. The van der Waals surface area contributed by atoms with Gasteiger partial charge in [0, 0.05) is 22.2 Å². The number of ether oxygens (including phenoxy) is 1. The summed E-state index contributed by atoms with van der Waals surface area (Å²) in [5.74, 6) is -1.07. The largest absolute Gasteiger partial charge is 0.496 e. The van der Waals surface area contributed by atoms with Crippen LogP contribution in [0.1, 0.15) is 26.3 Å². The number of amides is 2. The number of nitro groups is 1. The highest BCUT2D eigenvalue weighted by molar-refractivity contribution is 6.30. The third-order valence-electron chi connectivity index (χ3n) is 3.37. The molecule has 2 N–H and O–H groups in total. The Morgan fingerprint density at radius 3 is 2.44 bits per heavy atom. The van der Waals surface area contributed by atoms with Crippen LogP contribution in [-0.4, -0.2) is 23.8 Å². The number of nitrogens with zero attached hydrogens (tertiary/aromatic N) is 1. The van der Waals surface area contributed by atoms with Gasteiger partial charge in [-0.3, -0.25) is 30.6 Å². The lowest BCUT2D eigenvalue weighted by Gasteiger charge is -2.11. The number of carbonyl (C=O) groups is 2. The first-order chi connectivity index (χ1) is 11.8. The fraction of sp³-hybridized carbons (Fsp3) is 0.125. The summed E-state index contributed by atoms with van der Waals surface area (Å²) in [6.45, 7) is 1.56. The zero-order valence-electron chi connectivity index (χ0n) is 13.3. The lowest BCUT2D eigenvalue weighted by Crippen LogP contribution is -2.41. The van der Waals surface area contributed by atoms with Gasteiger partial charge < -0.3 is 4.74 Å². The molecule has 0 aromatic heterocycles. The number of hydrogen-bond acceptors (Lipinski definition) is 5. The fourth-order valence-electron chi connectivity index (χ4n) is 2.05. The molecule has 2 amide bonds. The molecule has 9 heteroatoms. The van der Waals surface area contributed by atoms with Gasteiger partial charge in [-0.25, -0.2) is 0 Å². The minimum Gasteiger partial charge on any atom is -0.496 e. The molecule has 25 heavy (non-hydrogen) atoms. The SMILES string of the molecule is COc1cc(Cl)ccc1C(=O)NNC(=O)c1ccc(C)c([N+](=O)[O-])c1. The summed E-state index contributed by atoms with van der Waals surface area (Å²) in [6, 6.07) is 8.43. The van der Waals surface area contributed by atoms with Gasteiger partial charge >= 0.3 is 0 Å². The van der Waals surface area contributed by atoms with Crippen LogP contribution in [0.15, 0.2) is 36.4 Å². The molecule has 0 radical (unpaired) electrons. The van der Waals surface area contributed by atoms with E-state index in [0.717, 1.165) is 6.07 Å². The Morgan fingerprint density at radius 2 is 1.80 bits per heavy atom. The Morgan fingerprint density at radius 1 is 1.12 bits per heavy atom. The zero-order chi connectivity index (χ0) is 18.6. The molecular formula is C16H14ClN3O5. The molecule has 2 rings (SSSR count). The van der Waals surface area contributed by atoms with Crippen LogP contribution >= 0.6 is 11.6 Å². The molecule has 0 heterocycles. The fourth-order valence-corrected chi connectivity index (χ4v) is 2.22. The molecule has 0 atom stereocenters. The van der Waals surface area contributed by atoms with Gasteiger partial charge in [-0.15, -0.1) is 0 Å². The number of hydrogen-bond donors (Lipinski definition) is 2. The Bertz CT molecular complexity index is 854. The van der Waals surface area contributed by atoms with E-state index in [2.05, 4.69) is 10.9 Å². The molecule has 2 aromatic carbocycles. The van der Waals surface area contributed by atoms with Gasteiger partial charge in [-0.2, -0.15) is 0 Å². The van der Waals surface area contributed by atoms with Crippen molar-refractivity contribution in [2.75, 3.05) is 7.11 Å². The molecule has 0 aliphatic rings. The van der Waals surface area contributed by atoms with Gasteiger partial charge in [0.15, 0.2) is 0 Å². The molecule has 2 aromatic rings. The molecule has 0 saturated heterocycles. The average Bonchev–Trinajstić information content (AvgIpc) is 2.59. The quantitative estimate of drug-likeness (QED) is 0.640. The van der Waals surface area contributed by atoms with E-state index >= 15 is 0 Å². The molecule has 0 fully saturated rings. The maximum atomic E-state index is 12.1. The van der Waals surface area contributed by atoms with Crippen molar-refractivity contribution in [3.8, 4) is 5.75 Å². The predicted octanol–water partition coefficient (Wildman–Crippen LogP) is 2.64. The lowest BCUT2D eigenvalue weighted by molar-refractivity contribution is -0.385. The van der Waals surface area contributed by atoms with Crippen molar-refractivity contribution in [1.29, 1.82) is 0 Å². The highest BCUT2D eigenvalue weighted by Crippen LogP contribution is 2.23. The van der Waals surface area contributed by atoms with E-state index in [1.165, 1.54) is 37.4 Å². The van der Waals surface area contributed by atoms with E-state index < -0.39 is 16.7 Å². The van der Waals surface area contributed by atoms with Crippen molar-refractivity contribution in [3.63, 3.8) is 0 Å². The number of methoxy groups -OCH3 is 1. The van der Waals surface area contributed by atoms with Crippen molar-refractivity contribution in [3.05, 3.63) is 68.2 Å². The van der Waals surface area contributed by atoms with E-state index in [0.29, 0.717) is 10.6 Å². The average molecular weight is 364 g/mol. The maximum absolute atomic E-state index is 12.1. The highest BCUT2D eigenvalue weighted by atomic mass is 35.5. The first-order valence-corrected chi connectivity index (χ1v) is 7.40. The normalized spacial score (nSPS) is 10.0. The molecule has 0 spiro atoms. The number of aryl methyl sites for hydroxylation is 1. The number of nitrogens with one attached hydrogen (secondary N) is 2. The van der Waals surface area contributed by atoms with E-state index in [1.807, 2.05) is 0 Å². The van der Waals surface area contributed by atoms with Crippen LogP contribution in [0.25, 0.3) is 0 Å². The van der Waals surface area contributed by atoms with Gasteiger partial charge in [0.05, 0.1) is 17.6 Å². The van der Waals surface area contributed by atoms with Crippen molar-refractivity contribution in [2.45, 2.75) is 6.92 Å². The predicted molar refractivity (Wildman–Crippen MR) is 90.8 cm³/mol. The van der Waals surface area contributed by atoms with E-state index in [-0.39, 0.29) is 22.6 Å². The number of nitro benzene ring substituents is 1. The lowest BCUT2D eigenvalue weighted by atomic mass is 10.1.